The zero-order chi connectivity index (χ0) is 23.2. The van der Waals surface area contributed by atoms with Gasteiger partial charge in [-0.1, -0.05) is 29.0 Å². The molecular weight excluding hydrogens is 480 g/mol. The molecule has 2 aliphatic rings. The second-order valence-electron chi connectivity index (χ2n) is 8.45. The van der Waals surface area contributed by atoms with Gasteiger partial charge < -0.3 is 9.80 Å². The average Bonchev–Trinajstić information content (AvgIpc) is 3.53. The van der Waals surface area contributed by atoms with Gasteiger partial charge in [0, 0.05) is 44.8 Å². The zero-order valence-corrected chi connectivity index (χ0v) is 20.7. The molecule has 0 unspecified atom stereocenters. The van der Waals surface area contributed by atoms with Crippen molar-refractivity contribution in [1.82, 2.24) is 14.2 Å². The maximum Gasteiger partial charge on any atom is 0.253 e. The summed E-state index contributed by atoms with van der Waals surface area (Å²) in [5.74, 6) is -0.0806. The number of halogens is 1. The molecule has 3 aromatic rings. The molecule has 1 aromatic heterocycles. The molecule has 174 valence electrons. The lowest BCUT2D eigenvalue weighted by Gasteiger charge is -2.34. The van der Waals surface area contributed by atoms with E-state index in [1.165, 1.54) is 4.31 Å². The Bertz CT molecular complexity index is 1250. The molecule has 2 aromatic carbocycles. The van der Waals surface area contributed by atoms with Crippen LogP contribution in [0.2, 0.25) is 5.02 Å². The van der Waals surface area contributed by atoms with Crippen LogP contribution in [-0.2, 0) is 10.0 Å². The minimum absolute atomic E-state index is 0.0806. The van der Waals surface area contributed by atoms with E-state index in [-0.39, 0.29) is 10.8 Å². The first-order valence-electron chi connectivity index (χ1n) is 11.0. The molecule has 2 fully saturated rings. The number of sulfonamides is 1. The molecule has 0 N–H and O–H groups in total. The van der Waals surface area contributed by atoms with E-state index >= 15 is 0 Å². The van der Waals surface area contributed by atoms with E-state index in [2.05, 4.69) is 4.90 Å². The summed E-state index contributed by atoms with van der Waals surface area (Å²) in [7, 11) is -3.47. The van der Waals surface area contributed by atoms with Gasteiger partial charge in [-0.05, 0) is 55.7 Å². The molecular formula is C23H25ClN4O3S2. The molecule has 2 aliphatic heterocycles. The molecule has 0 bridgehead atoms. The van der Waals surface area contributed by atoms with Crippen LogP contribution in [0, 0.1) is 6.92 Å². The van der Waals surface area contributed by atoms with E-state index in [9.17, 15) is 13.2 Å². The first-order valence-corrected chi connectivity index (χ1v) is 13.7. The second kappa shape index (κ2) is 8.87. The largest absolute Gasteiger partial charge is 0.345 e. The lowest BCUT2D eigenvalue weighted by atomic mass is 10.2. The van der Waals surface area contributed by atoms with E-state index in [1.807, 2.05) is 24.0 Å². The molecule has 0 saturated carbocycles. The summed E-state index contributed by atoms with van der Waals surface area (Å²) in [6.07, 6.45) is 1.79. The molecule has 33 heavy (non-hydrogen) atoms. The van der Waals surface area contributed by atoms with E-state index in [1.54, 1.807) is 35.6 Å². The number of hydrogen-bond donors (Lipinski definition) is 0. The number of carbonyl (C=O) groups excluding carboxylic acids is 1. The van der Waals surface area contributed by atoms with Gasteiger partial charge in [0.25, 0.3) is 5.91 Å². The lowest BCUT2D eigenvalue weighted by molar-refractivity contribution is 0.0746. The number of carbonyl (C=O) groups is 1. The Labute approximate surface area is 202 Å². The van der Waals surface area contributed by atoms with Crippen molar-refractivity contribution >= 4 is 54.2 Å². The van der Waals surface area contributed by atoms with Gasteiger partial charge in [-0.2, -0.15) is 4.31 Å². The van der Waals surface area contributed by atoms with Crippen LogP contribution in [0.25, 0.3) is 10.2 Å². The molecule has 2 saturated heterocycles. The van der Waals surface area contributed by atoms with Crippen LogP contribution in [0.3, 0.4) is 0 Å². The molecule has 3 heterocycles. The molecule has 0 radical (unpaired) electrons. The van der Waals surface area contributed by atoms with Gasteiger partial charge in [0.05, 0.1) is 20.1 Å². The monoisotopic (exact) mass is 504 g/mol. The SMILES string of the molecule is Cc1ccc(Cl)c2sc(N3CCN(C(=O)c4ccc(S(=O)(=O)N5CCCC5)cc4)CC3)nc12. The number of nitrogens with zero attached hydrogens (tertiary/aromatic N) is 4. The van der Waals surface area contributed by atoms with Crippen LogP contribution in [0.5, 0.6) is 0 Å². The van der Waals surface area contributed by atoms with Crippen LogP contribution < -0.4 is 4.90 Å². The second-order valence-corrected chi connectivity index (χ2v) is 11.8. The summed E-state index contributed by atoms with van der Waals surface area (Å²) in [5, 5.41) is 1.63. The quantitative estimate of drug-likeness (QED) is 0.537. The number of thiazole rings is 1. The van der Waals surface area contributed by atoms with E-state index in [0.29, 0.717) is 49.9 Å². The van der Waals surface area contributed by atoms with Gasteiger partial charge in [0.1, 0.15) is 0 Å². The molecule has 10 heteroatoms. The summed E-state index contributed by atoms with van der Waals surface area (Å²) in [4.78, 5) is 22.0. The van der Waals surface area contributed by atoms with Crippen molar-refractivity contribution < 1.29 is 13.2 Å². The third kappa shape index (κ3) is 4.23. The number of rotatable bonds is 4. The van der Waals surface area contributed by atoms with Gasteiger partial charge in [0.2, 0.25) is 10.0 Å². The smallest absolute Gasteiger partial charge is 0.253 e. The van der Waals surface area contributed by atoms with Crippen LogP contribution in [0.1, 0.15) is 28.8 Å². The third-order valence-corrected chi connectivity index (χ3v) is 9.82. The standard InChI is InChI=1S/C23H25ClN4O3S2/c1-16-4-9-19(24)21-20(16)25-23(32-21)27-14-12-26(13-15-27)22(29)17-5-7-18(8-6-17)33(30,31)28-10-2-3-11-28/h4-9H,2-3,10-15H2,1H3. The highest BCUT2D eigenvalue weighted by atomic mass is 35.5. The number of anilines is 1. The minimum Gasteiger partial charge on any atom is -0.345 e. The molecule has 1 amide bonds. The Balaban J connectivity index is 1.25. The van der Waals surface area contributed by atoms with Crippen LogP contribution >= 0.6 is 22.9 Å². The van der Waals surface area contributed by atoms with Gasteiger partial charge in [-0.25, -0.2) is 13.4 Å². The van der Waals surface area contributed by atoms with Gasteiger partial charge in [0.15, 0.2) is 5.13 Å². The number of hydrogen-bond acceptors (Lipinski definition) is 6. The number of aromatic nitrogens is 1. The van der Waals surface area contributed by atoms with Gasteiger partial charge in [-0.3, -0.25) is 4.79 Å². The molecule has 0 spiro atoms. The number of amides is 1. The van der Waals surface area contributed by atoms with Crippen molar-refractivity contribution in [2.24, 2.45) is 0 Å². The van der Waals surface area contributed by atoms with Gasteiger partial charge >= 0.3 is 0 Å². The molecule has 5 rings (SSSR count). The lowest BCUT2D eigenvalue weighted by Crippen LogP contribution is -2.48. The van der Waals surface area contributed by atoms with Crippen LogP contribution in [-0.4, -0.2) is 67.8 Å². The Hall–Kier alpha value is -2.20. The summed E-state index contributed by atoms with van der Waals surface area (Å²) >= 11 is 7.93. The molecule has 0 atom stereocenters. The minimum atomic E-state index is -3.47. The van der Waals surface area contributed by atoms with Crippen molar-refractivity contribution in [2.75, 3.05) is 44.2 Å². The van der Waals surface area contributed by atoms with Crippen LogP contribution in [0.4, 0.5) is 5.13 Å². The fourth-order valence-electron chi connectivity index (χ4n) is 4.36. The topological polar surface area (TPSA) is 73.8 Å². The van der Waals surface area contributed by atoms with Crippen molar-refractivity contribution in [3.8, 4) is 0 Å². The summed E-state index contributed by atoms with van der Waals surface area (Å²) in [6.45, 7) is 5.68. The van der Waals surface area contributed by atoms with E-state index < -0.39 is 10.0 Å². The van der Waals surface area contributed by atoms with Crippen molar-refractivity contribution in [2.45, 2.75) is 24.7 Å². The first-order chi connectivity index (χ1) is 15.8. The average molecular weight is 505 g/mol. The van der Waals surface area contributed by atoms with E-state index in [0.717, 1.165) is 33.8 Å². The maximum absolute atomic E-state index is 13.0. The van der Waals surface area contributed by atoms with Crippen molar-refractivity contribution in [3.63, 3.8) is 0 Å². The third-order valence-electron chi connectivity index (χ3n) is 6.33. The Morgan fingerprint density at radius 2 is 1.64 bits per heavy atom. The van der Waals surface area contributed by atoms with Gasteiger partial charge in [-0.15, -0.1) is 0 Å². The summed E-state index contributed by atoms with van der Waals surface area (Å²) in [6, 6.07) is 10.2. The predicted octanol–water partition coefficient (Wildman–Crippen LogP) is 4.01. The number of aryl methyl sites for hydroxylation is 1. The highest BCUT2D eigenvalue weighted by Crippen LogP contribution is 2.36. The predicted molar refractivity (Wildman–Crippen MR) is 132 cm³/mol. The van der Waals surface area contributed by atoms with Crippen LogP contribution in [0.15, 0.2) is 41.3 Å². The van der Waals surface area contributed by atoms with Crippen molar-refractivity contribution in [3.05, 3.63) is 52.5 Å². The highest BCUT2D eigenvalue weighted by Gasteiger charge is 2.28. The highest BCUT2D eigenvalue weighted by molar-refractivity contribution is 7.89. The number of piperazine rings is 1. The Morgan fingerprint density at radius 3 is 2.27 bits per heavy atom. The summed E-state index contributed by atoms with van der Waals surface area (Å²) < 4.78 is 27.9. The Morgan fingerprint density at radius 1 is 0.970 bits per heavy atom. The van der Waals surface area contributed by atoms with E-state index in [4.69, 9.17) is 16.6 Å². The summed E-state index contributed by atoms with van der Waals surface area (Å²) in [5.41, 5.74) is 2.54. The first kappa shape index (κ1) is 22.6. The van der Waals surface area contributed by atoms with Crippen molar-refractivity contribution in [1.29, 1.82) is 0 Å². The zero-order valence-electron chi connectivity index (χ0n) is 18.3. The Kier molecular flexibility index (Phi) is 6.07. The normalized spacial score (nSPS) is 17.8. The fraction of sp³-hybridized carbons (Fsp3) is 0.391. The molecule has 0 aliphatic carbocycles. The molecule has 7 nitrogen and oxygen atoms in total. The number of benzene rings is 2. The maximum atomic E-state index is 13.0. The fourth-order valence-corrected chi connectivity index (χ4v) is 7.24. The number of fused-ring (bicyclic) bond motifs is 1.